The van der Waals surface area contributed by atoms with Crippen molar-refractivity contribution in [3.05, 3.63) is 0 Å². The Morgan fingerprint density at radius 1 is 1.15 bits per heavy atom. The van der Waals surface area contributed by atoms with E-state index in [0.717, 1.165) is 12.8 Å². The summed E-state index contributed by atoms with van der Waals surface area (Å²) in [5.41, 5.74) is 0. The summed E-state index contributed by atoms with van der Waals surface area (Å²) in [5.74, 6) is 0. The van der Waals surface area contributed by atoms with E-state index in [2.05, 4.69) is 11.6 Å². The fourth-order valence-corrected chi connectivity index (χ4v) is 1.54. The van der Waals surface area contributed by atoms with Crippen molar-refractivity contribution < 1.29 is 8.42 Å². The Kier molecular flexibility index (Phi) is 6.28. The first-order valence-electron chi connectivity index (χ1n) is 4.68. The van der Waals surface area contributed by atoms with Gasteiger partial charge in [0.25, 0.3) is 10.2 Å². The summed E-state index contributed by atoms with van der Waals surface area (Å²) in [6.07, 6.45) is 4.34. The van der Waals surface area contributed by atoms with Crippen LogP contribution in [0.15, 0.2) is 0 Å². The maximum atomic E-state index is 11.2. The quantitative estimate of drug-likeness (QED) is 0.634. The van der Waals surface area contributed by atoms with Gasteiger partial charge < -0.3 is 0 Å². The maximum Gasteiger partial charge on any atom is 0.278 e. The molecule has 4 nitrogen and oxygen atoms in total. The van der Waals surface area contributed by atoms with Crippen molar-refractivity contribution in [2.45, 2.75) is 32.6 Å². The summed E-state index contributed by atoms with van der Waals surface area (Å²) < 4.78 is 26.1. The van der Waals surface area contributed by atoms with E-state index >= 15 is 0 Å². The molecule has 0 rings (SSSR count). The lowest BCUT2D eigenvalue weighted by molar-refractivity contribution is 0.502. The van der Waals surface area contributed by atoms with Crippen LogP contribution in [0.2, 0.25) is 0 Å². The summed E-state index contributed by atoms with van der Waals surface area (Å²) in [4.78, 5) is 0. The smallest absolute Gasteiger partial charge is 0.202 e. The highest BCUT2D eigenvalue weighted by Gasteiger charge is 2.10. The normalized spacial score (nSPS) is 12.3. The van der Waals surface area contributed by atoms with Crippen molar-refractivity contribution in [1.29, 1.82) is 0 Å². The molecule has 0 aliphatic carbocycles. The molecular weight excluding hydrogens is 188 g/mol. The molecule has 0 aromatic carbocycles. The third kappa shape index (κ3) is 6.01. The monoisotopic (exact) mass is 208 g/mol. The molecule has 0 unspecified atom stereocenters. The molecule has 0 radical (unpaired) electrons. The van der Waals surface area contributed by atoms with Crippen molar-refractivity contribution in [1.82, 2.24) is 9.03 Å². The number of hydrogen-bond acceptors (Lipinski definition) is 2. The molecule has 0 bridgehead atoms. The van der Waals surface area contributed by atoms with Crippen LogP contribution in [0.1, 0.15) is 32.6 Å². The zero-order valence-electron chi connectivity index (χ0n) is 8.71. The van der Waals surface area contributed by atoms with Gasteiger partial charge in [-0.2, -0.15) is 12.7 Å². The summed E-state index contributed by atoms with van der Waals surface area (Å²) >= 11 is 0. The molecule has 13 heavy (non-hydrogen) atoms. The van der Waals surface area contributed by atoms with Gasteiger partial charge in [0.05, 0.1) is 0 Å². The number of nitrogens with zero attached hydrogens (tertiary/aromatic N) is 1. The van der Waals surface area contributed by atoms with Gasteiger partial charge in [-0.15, -0.1) is 0 Å². The fourth-order valence-electron chi connectivity index (χ4n) is 0.882. The molecule has 0 aromatic rings. The van der Waals surface area contributed by atoms with E-state index in [9.17, 15) is 8.42 Å². The highest BCUT2D eigenvalue weighted by Crippen LogP contribution is 1.98. The third-order valence-electron chi connectivity index (χ3n) is 1.80. The predicted octanol–water partition coefficient (Wildman–Crippen LogP) is 0.963. The zero-order chi connectivity index (χ0) is 10.3. The summed E-state index contributed by atoms with van der Waals surface area (Å²) in [5, 5.41) is 0. The average Bonchev–Trinajstić information content (AvgIpc) is 2.03. The van der Waals surface area contributed by atoms with Gasteiger partial charge in [0, 0.05) is 20.6 Å². The van der Waals surface area contributed by atoms with Crippen molar-refractivity contribution in [2.24, 2.45) is 0 Å². The molecule has 0 aliphatic heterocycles. The Hall–Kier alpha value is -0.130. The second kappa shape index (κ2) is 6.34. The van der Waals surface area contributed by atoms with E-state index in [1.165, 1.54) is 31.2 Å². The minimum absolute atomic E-state index is 0.542. The van der Waals surface area contributed by atoms with E-state index in [4.69, 9.17) is 0 Å². The first-order valence-corrected chi connectivity index (χ1v) is 6.12. The molecule has 0 aromatic heterocycles. The van der Waals surface area contributed by atoms with Crippen molar-refractivity contribution in [3.8, 4) is 0 Å². The molecule has 1 N–H and O–H groups in total. The van der Waals surface area contributed by atoms with Gasteiger partial charge in [0.2, 0.25) is 0 Å². The minimum atomic E-state index is -3.20. The highest BCUT2D eigenvalue weighted by molar-refractivity contribution is 7.87. The summed E-state index contributed by atoms with van der Waals surface area (Å²) in [6, 6.07) is 0. The molecule has 0 atom stereocenters. The standard InChI is InChI=1S/C8H20N2O2S/c1-4-5-6-7-8-9-13(11,12)10(2)3/h9H,4-8H2,1-3H3. The molecule has 0 saturated heterocycles. The minimum Gasteiger partial charge on any atom is -0.202 e. The van der Waals surface area contributed by atoms with E-state index in [0.29, 0.717) is 6.54 Å². The molecule has 0 amide bonds. The lowest BCUT2D eigenvalue weighted by Gasteiger charge is -2.11. The molecule has 0 spiro atoms. The van der Waals surface area contributed by atoms with Crippen LogP contribution in [0.4, 0.5) is 0 Å². The number of rotatable bonds is 7. The predicted molar refractivity (Wildman–Crippen MR) is 54.8 cm³/mol. The topological polar surface area (TPSA) is 49.4 Å². The summed E-state index contributed by atoms with van der Waals surface area (Å²) in [6.45, 7) is 2.67. The third-order valence-corrected chi connectivity index (χ3v) is 3.33. The molecule has 5 heteroatoms. The van der Waals surface area contributed by atoms with Gasteiger partial charge >= 0.3 is 0 Å². The largest absolute Gasteiger partial charge is 0.278 e. The van der Waals surface area contributed by atoms with Crippen LogP contribution in [0.25, 0.3) is 0 Å². The van der Waals surface area contributed by atoms with Crippen LogP contribution in [-0.4, -0.2) is 33.4 Å². The van der Waals surface area contributed by atoms with Crippen molar-refractivity contribution in [2.75, 3.05) is 20.6 Å². The van der Waals surface area contributed by atoms with Gasteiger partial charge in [-0.05, 0) is 6.42 Å². The van der Waals surface area contributed by atoms with Gasteiger partial charge in [-0.1, -0.05) is 26.2 Å². The van der Waals surface area contributed by atoms with E-state index in [-0.39, 0.29) is 0 Å². The molecule has 0 heterocycles. The molecule has 0 fully saturated rings. The number of unbranched alkanes of at least 4 members (excludes halogenated alkanes) is 3. The lowest BCUT2D eigenvalue weighted by Crippen LogP contribution is -2.36. The maximum absolute atomic E-state index is 11.2. The van der Waals surface area contributed by atoms with Gasteiger partial charge in [0.1, 0.15) is 0 Å². The summed E-state index contributed by atoms with van der Waals surface area (Å²) in [7, 11) is -0.158. The van der Waals surface area contributed by atoms with Crippen LogP contribution >= 0.6 is 0 Å². The van der Waals surface area contributed by atoms with Crippen molar-refractivity contribution in [3.63, 3.8) is 0 Å². The van der Waals surface area contributed by atoms with Crippen LogP contribution in [0.3, 0.4) is 0 Å². The molecule has 0 aliphatic rings. The van der Waals surface area contributed by atoms with Crippen molar-refractivity contribution >= 4 is 10.2 Å². The Bertz CT molecular complexity index is 212. The van der Waals surface area contributed by atoms with Crippen LogP contribution in [0, 0.1) is 0 Å². The second-order valence-electron chi connectivity index (χ2n) is 3.24. The van der Waals surface area contributed by atoms with Crippen LogP contribution in [-0.2, 0) is 10.2 Å². The Balaban J connectivity index is 3.53. The highest BCUT2D eigenvalue weighted by atomic mass is 32.2. The van der Waals surface area contributed by atoms with E-state index in [1.807, 2.05) is 0 Å². The molecule has 80 valence electrons. The number of hydrogen-bond donors (Lipinski definition) is 1. The molecule has 0 saturated carbocycles. The first-order chi connectivity index (χ1) is 6.00. The zero-order valence-corrected chi connectivity index (χ0v) is 9.52. The number of nitrogens with one attached hydrogen (secondary N) is 1. The van der Waals surface area contributed by atoms with Gasteiger partial charge in [0.15, 0.2) is 0 Å². The van der Waals surface area contributed by atoms with Crippen LogP contribution in [0.5, 0.6) is 0 Å². The Morgan fingerprint density at radius 2 is 1.77 bits per heavy atom. The lowest BCUT2D eigenvalue weighted by atomic mass is 10.2. The van der Waals surface area contributed by atoms with Crippen LogP contribution < -0.4 is 4.72 Å². The fraction of sp³-hybridized carbons (Fsp3) is 1.00. The Morgan fingerprint density at radius 3 is 2.23 bits per heavy atom. The second-order valence-corrected chi connectivity index (χ2v) is 5.21. The van der Waals surface area contributed by atoms with Gasteiger partial charge in [-0.3, -0.25) is 0 Å². The SMILES string of the molecule is CCCCCCNS(=O)(=O)N(C)C. The van der Waals surface area contributed by atoms with Gasteiger partial charge in [-0.25, -0.2) is 4.72 Å². The molecular formula is C8H20N2O2S. The van der Waals surface area contributed by atoms with E-state index < -0.39 is 10.2 Å². The van der Waals surface area contributed by atoms with E-state index in [1.54, 1.807) is 0 Å². The average molecular weight is 208 g/mol. The Labute approximate surface area is 81.5 Å². The first kappa shape index (κ1) is 12.9.